The van der Waals surface area contributed by atoms with E-state index in [2.05, 4.69) is 9.97 Å². The molecule has 0 spiro atoms. The van der Waals surface area contributed by atoms with Crippen LogP contribution < -0.4 is 5.73 Å². The van der Waals surface area contributed by atoms with E-state index in [0.29, 0.717) is 19.0 Å². The number of rotatable bonds is 5. The van der Waals surface area contributed by atoms with Crippen molar-refractivity contribution in [1.82, 2.24) is 14.5 Å². The summed E-state index contributed by atoms with van der Waals surface area (Å²) in [6.45, 7) is 2.71. The van der Waals surface area contributed by atoms with Crippen molar-refractivity contribution in [2.45, 2.75) is 19.9 Å². The van der Waals surface area contributed by atoms with Gasteiger partial charge in [0.2, 0.25) is 0 Å². The number of carbonyl (C=O) groups is 1. The molecular weight excluding hydrogens is 244 g/mol. The van der Waals surface area contributed by atoms with Crippen molar-refractivity contribution >= 4 is 11.8 Å². The molecule has 6 nitrogen and oxygen atoms in total. The Hall–Kier alpha value is -2.37. The van der Waals surface area contributed by atoms with E-state index in [4.69, 9.17) is 10.5 Å². The van der Waals surface area contributed by atoms with Gasteiger partial charge in [0.15, 0.2) is 5.69 Å². The van der Waals surface area contributed by atoms with Crippen LogP contribution in [0.4, 0.5) is 5.82 Å². The first-order valence-electron chi connectivity index (χ1n) is 6.09. The van der Waals surface area contributed by atoms with E-state index in [1.165, 1.54) is 0 Å². The summed E-state index contributed by atoms with van der Waals surface area (Å²) in [6.07, 6.45) is 5.85. The molecule has 0 fully saturated rings. The lowest BCUT2D eigenvalue weighted by molar-refractivity contribution is 0.0521. The zero-order chi connectivity index (χ0) is 13.7. The van der Waals surface area contributed by atoms with Gasteiger partial charge in [0.25, 0.3) is 0 Å². The average molecular weight is 260 g/mol. The number of hydrogen-bond acceptors (Lipinski definition) is 5. The maximum absolute atomic E-state index is 11.6. The van der Waals surface area contributed by atoms with Crippen LogP contribution in [0.1, 0.15) is 23.0 Å². The summed E-state index contributed by atoms with van der Waals surface area (Å²) >= 11 is 0. The van der Waals surface area contributed by atoms with Crippen LogP contribution in [-0.2, 0) is 17.7 Å². The van der Waals surface area contributed by atoms with Crippen molar-refractivity contribution in [3.63, 3.8) is 0 Å². The third-order valence-electron chi connectivity index (χ3n) is 2.74. The molecule has 0 bridgehead atoms. The highest BCUT2D eigenvalue weighted by atomic mass is 16.5. The molecule has 19 heavy (non-hydrogen) atoms. The van der Waals surface area contributed by atoms with Crippen molar-refractivity contribution in [3.05, 3.63) is 42.1 Å². The molecule has 0 atom stereocenters. The highest BCUT2D eigenvalue weighted by Gasteiger charge is 2.16. The molecule has 0 aromatic carbocycles. The molecule has 6 heteroatoms. The number of aryl methyl sites for hydroxylation is 2. The van der Waals surface area contributed by atoms with Gasteiger partial charge < -0.3 is 15.0 Å². The Morgan fingerprint density at radius 1 is 1.42 bits per heavy atom. The van der Waals surface area contributed by atoms with Gasteiger partial charge in [-0.15, -0.1) is 0 Å². The molecule has 2 aromatic rings. The largest absolute Gasteiger partial charge is 0.461 e. The highest BCUT2D eigenvalue weighted by molar-refractivity contribution is 5.92. The summed E-state index contributed by atoms with van der Waals surface area (Å²) in [4.78, 5) is 19.5. The van der Waals surface area contributed by atoms with Crippen molar-refractivity contribution in [2.24, 2.45) is 0 Å². The van der Waals surface area contributed by atoms with Crippen molar-refractivity contribution in [1.29, 1.82) is 0 Å². The molecule has 2 aromatic heterocycles. The molecule has 0 radical (unpaired) electrons. The second kappa shape index (κ2) is 5.99. The Kier molecular flexibility index (Phi) is 4.12. The average Bonchev–Trinajstić information content (AvgIpc) is 2.79. The van der Waals surface area contributed by atoms with Gasteiger partial charge in [0, 0.05) is 18.9 Å². The number of anilines is 1. The van der Waals surface area contributed by atoms with Crippen LogP contribution >= 0.6 is 0 Å². The summed E-state index contributed by atoms with van der Waals surface area (Å²) in [7, 11) is 0. The first-order valence-corrected chi connectivity index (χ1v) is 6.09. The molecule has 0 aliphatic carbocycles. The maximum Gasteiger partial charge on any atom is 0.360 e. The van der Waals surface area contributed by atoms with Gasteiger partial charge >= 0.3 is 5.97 Å². The fraction of sp³-hybridized carbons (Fsp3) is 0.308. The molecular formula is C13H16N4O2. The number of esters is 1. The smallest absolute Gasteiger partial charge is 0.360 e. The normalized spacial score (nSPS) is 10.4. The highest BCUT2D eigenvalue weighted by Crippen LogP contribution is 2.12. The second-order valence-electron chi connectivity index (χ2n) is 4.00. The Balaban J connectivity index is 2.04. The second-order valence-corrected chi connectivity index (χ2v) is 4.00. The minimum atomic E-state index is -0.484. The molecule has 2 N–H and O–H groups in total. The van der Waals surface area contributed by atoms with E-state index in [1.54, 1.807) is 30.2 Å². The summed E-state index contributed by atoms with van der Waals surface area (Å²) in [5.41, 5.74) is 7.22. The standard InChI is InChI=1S/C13H16N4O2/c1-2-19-13(18)11-12(14)17(9-16-11)8-5-10-3-6-15-7-4-10/h3-4,6-7,9H,2,5,8,14H2,1H3. The van der Waals surface area contributed by atoms with Gasteiger partial charge in [-0.3, -0.25) is 4.98 Å². The van der Waals surface area contributed by atoms with Gasteiger partial charge in [-0.1, -0.05) is 0 Å². The van der Waals surface area contributed by atoms with Gasteiger partial charge in [-0.05, 0) is 31.0 Å². The zero-order valence-electron chi connectivity index (χ0n) is 10.7. The van der Waals surface area contributed by atoms with Crippen molar-refractivity contribution in [2.75, 3.05) is 12.3 Å². The number of nitrogen functional groups attached to an aromatic ring is 1. The SMILES string of the molecule is CCOC(=O)c1ncn(CCc2ccncc2)c1N. The van der Waals surface area contributed by atoms with Gasteiger partial charge in [0.05, 0.1) is 12.9 Å². The van der Waals surface area contributed by atoms with E-state index >= 15 is 0 Å². The van der Waals surface area contributed by atoms with Crippen molar-refractivity contribution in [3.8, 4) is 0 Å². The molecule has 0 aliphatic heterocycles. The lowest BCUT2D eigenvalue weighted by atomic mass is 10.2. The third-order valence-corrected chi connectivity index (χ3v) is 2.74. The minimum Gasteiger partial charge on any atom is -0.461 e. The van der Waals surface area contributed by atoms with E-state index in [9.17, 15) is 4.79 Å². The quantitative estimate of drug-likeness (QED) is 0.819. The predicted molar refractivity (Wildman–Crippen MR) is 70.5 cm³/mol. The van der Waals surface area contributed by atoms with E-state index in [1.807, 2.05) is 12.1 Å². The number of carbonyl (C=O) groups excluding carboxylic acids is 1. The molecule has 0 saturated heterocycles. The summed E-state index contributed by atoms with van der Waals surface area (Å²) in [6, 6.07) is 3.89. The van der Waals surface area contributed by atoms with E-state index < -0.39 is 5.97 Å². The summed E-state index contributed by atoms with van der Waals surface area (Å²) < 4.78 is 6.62. The molecule has 0 saturated carbocycles. The number of aromatic nitrogens is 3. The van der Waals surface area contributed by atoms with E-state index in [-0.39, 0.29) is 5.69 Å². The number of pyridine rings is 1. The number of nitrogens with two attached hydrogens (primary N) is 1. The molecule has 0 amide bonds. The Morgan fingerprint density at radius 3 is 2.84 bits per heavy atom. The van der Waals surface area contributed by atoms with Crippen LogP contribution in [0.2, 0.25) is 0 Å². The number of imidazole rings is 1. The zero-order valence-corrected chi connectivity index (χ0v) is 10.7. The maximum atomic E-state index is 11.6. The first-order chi connectivity index (χ1) is 9.22. The fourth-order valence-electron chi connectivity index (χ4n) is 1.73. The molecule has 2 rings (SSSR count). The van der Waals surface area contributed by atoms with E-state index in [0.717, 1.165) is 12.0 Å². The van der Waals surface area contributed by atoms with Crippen LogP contribution in [0.25, 0.3) is 0 Å². The van der Waals surface area contributed by atoms with Crippen LogP contribution in [0, 0.1) is 0 Å². The topological polar surface area (TPSA) is 83.0 Å². The lowest BCUT2D eigenvalue weighted by Gasteiger charge is -2.05. The van der Waals surface area contributed by atoms with Crippen molar-refractivity contribution < 1.29 is 9.53 Å². The first kappa shape index (κ1) is 13.1. The Labute approximate surface area is 111 Å². The van der Waals surface area contributed by atoms with Gasteiger partial charge in [0.1, 0.15) is 5.82 Å². The summed E-state index contributed by atoms with van der Waals surface area (Å²) in [5.74, 6) is -0.143. The number of hydrogen-bond donors (Lipinski definition) is 1. The molecule has 0 aliphatic rings. The predicted octanol–water partition coefficient (Wildman–Crippen LogP) is 1.28. The van der Waals surface area contributed by atoms with Crippen LogP contribution in [0.15, 0.2) is 30.9 Å². The minimum absolute atomic E-state index is 0.177. The third kappa shape index (κ3) is 3.09. The number of nitrogens with zero attached hydrogens (tertiary/aromatic N) is 3. The molecule has 0 unspecified atom stereocenters. The molecule has 2 heterocycles. The lowest BCUT2D eigenvalue weighted by Crippen LogP contribution is -2.10. The van der Waals surface area contributed by atoms with Gasteiger partial charge in [-0.2, -0.15) is 0 Å². The monoisotopic (exact) mass is 260 g/mol. The van der Waals surface area contributed by atoms with Gasteiger partial charge in [-0.25, -0.2) is 9.78 Å². The van der Waals surface area contributed by atoms with Crippen LogP contribution in [-0.4, -0.2) is 27.1 Å². The Morgan fingerprint density at radius 2 is 2.16 bits per heavy atom. The van der Waals surface area contributed by atoms with Crippen LogP contribution in [0.5, 0.6) is 0 Å². The van der Waals surface area contributed by atoms with Crippen LogP contribution in [0.3, 0.4) is 0 Å². The molecule has 100 valence electrons. The summed E-state index contributed by atoms with van der Waals surface area (Å²) in [5, 5.41) is 0. The number of ether oxygens (including phenoxy) is 1. The Bertz CT molecular complexity index is 551. The fourth-order valence-corrected chi connectivity index (χ4v) is 1.73.